The van der Waals surface area contributed by atoms with E-state index in [9.17, 15) is 0 Å². The molecule has 0 unspecified atom stereocenters. The zero-order valence-electron chi connectivity index (χ0n) is 25.3. The van der Waals surface area contributed by atoms with Gasteiger partial charge >= 0.3 is 0 Å². The molecule has 7 aromatic carbocycles. The van der Waals surface area contributed by atoms with Crippen LogP contribution in [0.15, 0.2) is 200 Å². The second kappa shape index (κ2) is 13.5. The van der Waals surface area contributed by atoms with Crippen molar-refractivity contribution in [2.24, 2.45) is 0 Å². The number of hydrogen-bond acceptors (Lipinski definition) is 0. The molecular formula is C45H36. The Morgan fingerprint density at radius 1 is 0.178 bits per heavy atom. The summed E-state index contributed by atoms with van der Waals surface area (Å²) in [5.41, 5.74) is 11.6. The molecule has 0 aliphatic carbocycles. The molecular weight excluding hydrogens is 540 g/mol. The summed E-state index contributed by atoms with van der Waals surface area (Å²) < 4.78 is 0. The van der Waals surface area contributed by atoms with Gasteiger partial charge in [0.1, 0.15) is 0 Å². The SMILES string of the molecule is c1ccc(C(c2ccccc2)c2cc(C(c3ccccc3)c3ccccc3)cc(C(c3ccccc3)c3ccccc3)c2)cc1. The lowest BCUT2D eigenvalue weighted by atomic mass is 9.76. The van der Waals surface area contributed by atoms with E-state index in [-0.39, 0.29) is 17.8 Å². The van der Waals surface area contributed by atoms with E-state index in [2.05, 4.69) is 200 Å². The van der Waals surface area contributed by atoms with Crippen molar-refractivity contribution in [1.29, 1.82) is 0 Å². The molecule has 0 aromatic heterocycles. The standard InChI is InChI=1S/C45H36/c1-7-19-34(20-8-1)43(35-21-9-2-10-22-35)40-31-41(44(36-23-11-3-12-24-36)37-25-13-4-14-26-37)33-42(32-40)45(38-27-15-5-16-28-38)39-29-17-6-18-30-39/h1-33,43-45H. The van der Waals surface area contributed by atoms with Crippen LogP contribution in [0.3, 0.4) is 0 Å². The van der Waals surface area contributed by atoms with E-state index < -0.39 is 0 Å². The zero-order chi connectivity index (χ0) is 30.3. The van der Waals surface area contributed by atoms with Crippen LogP contribution in [0.1, 0.15) is 67.8 Å². The molecule has 7 aromatic rings. The first-order valence-electron chi connectivity index (χ1n) is 15.8. The van der Waals surface area contributed by atoms with Crippen LogP contribution in [0.25, 0.3) is 0 Å². The lowest BCUT2D eigenvalue weighted by Gasteiger charge is -2.27. The maximum atomic E-state index is 2.46. The summed E-state index contributed by atoms with van der Waals surface area (Å²) in [7, 11) is 0. The lowest BCUT2D eigenvalue weighted by molar-refractivity contribution is 0.906. The summed E-state index contributed by atoms with van der Waals surface area (Å²) in [6, 6.07) is 73.1. The Morgan fingerprint density at radius 2 is 0.333 bits per heavy atom. The molecule has 216 valence electrons. The quantitative estimate of drug-likeness (QED) is 0.150. The summed E-state index contributed by atoms with van der Waals surface area (Å²) in [4.78, 5) is 0. The van der Waals surface area contributed by atoms with Crippen LogP contribution >= 0.6 is 0 Å². The summed E-state index contributed by atoms with van der Waals surface area (Å²) in [5, 5.41) is 0. The molecule has 0 saturated heterocycles. The maximum Gasteiger partial charge on any atom is 0.0340 e. The third-order valence-electron chi connectivity index (χ3n) is 8.80. The van der Waals surface area contributed by atoms with E-state index in [1.807, 2.05) is 0 Å². The molecule has 0 fully saturated rings. The minimum atomic E-state index is 0.0884. The Hall–Kier alpha value is -5.46. The van der Waals surface area contributed by atoms with Gasteiger partial charge in [-0.05, 0) is 50.1 Å². The molecule has 0 aliphatic rings. The predicted octanol–water partition coefficient (Wildman–Crippen LogP) is 11.2. The van der Waals surface area contributed by atoms with Crippen LogP contribution in [0.4, 0.5) is 0 Å². The fraction of sp³-hybridized carbons (Fsp3) is 0.0667. The molecule has 0 N–H and O–H groups in total. The van der Waals surface area contributed by atoms with Gasteiger partial charge < -0.3 is 0 Å². The van der Waals surface area contributed by atoms with Gasteiger partial charge in [-0.3, -0.25) is 0 Å². The Labute approximate surface area is 267 Å². The summed E-state index contributed by atoms with van der Waals surface area (Å²) in [6.07, 6.45) is 0. The second-order valence-electron chi connectivity index (χ2n) is 11.7. The van der Waals surface area contributed by atoms with Gasteiger partial charge in [0, 0.05) is 17.8 Å². The highest BCUT2D eigenvalue weighted by atomic mass is 14.3. The Balaban J connectivity index is 1.52. The van der Waals surface area contributed by atoms with E-state index in [0.717, 1.165) is 0 Å². The van der Waals surface area contributed by atoms with Crippen molar-refractivity contribution in [2.45, 2.75) is 17.8 Å². The van der Waals surface area contributed by atoms with Crippen LogP contribution < -0.4 is 0 Å². The average Bonchev–Trinajstić information content (AvgIpc) is 3.12. The number of hydrogen-bond donors (Lipinski definition) is 0. The molecule has 0 heteroatoms. The minimum Gasteiger partial charge on any atom is -0.0622 e. The Kier molecular flexibility index (Phi) is 8.47. The highest BCUT2D eigenvalue weighted by molar-refractivity contribution is 5.54. The largest absolute Gasteiger partial charge is 0.0622 e. The molecule has 0 heterocycles. The van der Waals surface area contributed by atoms with Gasteiger partial charge in [0.05, 0.1) is 0 Å². The van der Waals surface area contributed by atoms with Gasteiger partial charge in [-0.2, -0.15) is 0 Å². The second-order valence-corrected chi connectivity index (χ2v) is 11.7. The molecule has 0 atom stereocenters. The van der Waals surface area contributed by atoms with Crippen molar-refractivity contribution in [1.82, 2.24) is 0 Å². The Morgan fingerprint density at radius 3 is 0.489 bits per heavy atom. The van der Waals surface area contributed by atoms with Crippen molar-refractivity contribution in [3.8, 4) is 0 Å². The monoisotopic (exact) mass is 576 g/mol. The Bertz CT molecular complexity index is 1550. The molecule has 0 amide bonds. The van der Waals surface area contributed by atoms with E-state index in [1.165, 1.54) is 50.1 Å². The number of benzene rings is 7. The fourth-order valence-electron chi connectivity index (χ4n) is 6.81. The van der Waals surface area contributed by atoms with E-state index in [0.29, 0.717) is 0 Å². The van der Waals surface area contributed by atoms with Gasteiger partial charge in [-0.15, -0.1) is 0 Å². The first-order valence-corrected chi connectivity index (χ1v) is 15.8. The van der Waals surface area contributed by atoms with Crippen molar-refractivity contribution < 1.29 is 0 Å². The van der Waals surface area contributed by atoms with Gasteiger partial charge in [-0.25, -0.2) is 0 Å². The normalized spacial score (nSPS) is 11.3. The summed E-state index contributed by atoms with van der Waals surface area (Å²) in [6.45, 7) is 0. The van der Waals surface area contributed by atoms with Crippen LogP contribution in [-0.4, -0.2) is 0 Å². The first kappa shape index (κ1) is 28.3. The van der Waals surface area contributed by atoms with E-state index >= 15 is 0 Å². The van der Waals surface area contributed by atoms with Gasteiger partial charge in [-0.1, -0.05) is 200 Å². The van der Waals surface area contributed by atoms with Crippen molar-refractivity contribution in [3.63, 3.8) is 0 Å². The first-order chi connectivity index (χ1) is 22.3. The maximum absolute atomic E-state index is 2.46. The predicted molar refractivity (Wildman–Crippen MR) is 188 cm³/mol. The highest BCUT2D eigenvalue weighted by Crippen LogP contribution is 2.41. The van der Waals surface area contributed by atoms with Crippen LogP contribution in [0.2, 0.25) is 0 Å². The van der Waals surface area contributed by atoms with Crippen molar-refractivity contribution in [2.75, 3.05) is 0 Å². The number of rotatable bonds is 9. The molecule has 7 rings (SSSR count). The van der Waals surface area contributed by atoms with Crippen LogP contribution in [0, 0.1) is 0 Å². The highest BCUT2D eigenvalue weighted by Gasteiger charge is 2.25. The molecule has 45 heavy (non-hydrogen) atoms. The molecule has 0 spiro atoms. The van der Waals surface area contributed by atoms with E-state index in [4.69, 9.17) is 0 Å². The topological polar surface area (TPSA) is 0 Å². The van der Waals surface area contributed by atoms with E-state index in [1.54, 1.807) is 0 Å². The van der Waals surface area contributed by atoms with Crippen LogP contribution in [-0.2, 0) is 0 Å². The van der Waals surface area contributed by atoms with Gasteiger partial charge in [0.25, 0.3) is 0 Å². The third-order valence-corrected chi connectivity index (χ3v) is 8.80. The smallest absolute Gasteiger partial charge is 0.0340 e. The van der Waals surface area contributed by atoms with Crippen molar-refractivity contribution >= 4 is 0 Å². The fourth-order valence-corrected chi connectivity index (χ4v) is 6.81. The zero-order valence-corrected chi connectivity index (χ0v) is 25.3. The van der Waals surface area contributed by atoms with Gasteiger partial charge in [0.15, 0.2) is 0 Å². The summed E-state index contributed by atoms with van der Waals surface area (Å²) in [5.74, 6) is 0.265. The lowest BCUT2D eigenvalue weighted by Crippen LogP contribution is -2.11. The third kappa shape index (κ3) is 6.28. The molecule has 0 radical (unpaired) electrons. The average molecular weight is 577 g/mol. The molecule has 0 nitrogen and oxygen atoms in total. The van der Waals surface area contributed by atoms with Crippen LogP contribution in [0.5, 0.6) is 0 Å². The minimum absolute atomic E-state index is 0.0884. The van der Waals surface area contributed by atoms with Gasteiger partial charge in [0.2, 0.25) is 0 Å². The summed E-state index contributed by atoms with van der Waals surface area (Å²) >= 11 is 0. The molecule has 0 aliphatic heterocycles. The molecule has 0 saturated carbocycles. The molecule has 0 bridgehead atoms. The van der Waals surface area contributed by atoms with Crippen molar-refractivity contribution in [3.05, 3.63) is 250 Å².